The van der Waals surface area contributed by atoms with Gasteiger partial charge in [0.15, 0.2) is 5.78 Å². The van der Waals surface area contributed by atoms with Crippen molar-refractivity contribution >= 4 is 23.1 Å². The van der Waals surface area contributed by atoms with Gasteiger partial charge in [-0.3, -0.25) is 4.79 Å². The number of thiophene rings is 1. The molecule has 24 heavy (non-hydrogen) atoms. The zero-order valence-electron chi connectivity index (χ0n) is 14.2. The zero-order chi connectivity index (χ0) is 17.1. The SMILES string of the molecule is CCCCCOC(=O)c1[nH]c2c(c1C)C(=O)CC(c1cccs1)C2. The average molecular weight is 345 g/mol. The van der Waals surface area contributed by atoms with Gasteiger partial charge in [-0.25, -0.2) is 4.79 Å². The van der Waals surface area contributed by atoms with Crippen LogP contribution in [0.3, 0.4) is 0 Å². The molecule has 4 nitrogen and oxygen atoms in total. The third kappa shape index (κ3) is 3.31. The zero-order valence-corrected chi connectivity index (χ0v) is 15.0. The van der Waals surface area contributed by atoms with Crippen molar-refractivity contribution in [2.24, 2.45) is 0 Å². The Kier molecular flexibility index (Phi) is 5.19. The Morgan fingerprint density at radius 3 is 2.92 bits per heavy atom. The number of hydrogen-bond acceptors (Lipinski definition) is 4. The molecule has 0 saturated heterocycles. The number of aromatic amines is 1. The van der Waals surface area contributed by atoms with E-state index in [0.29, 0.717) is 24.3 Å². The topological polar surface area (TPSA) is 59.2 Å². The predicted octanol–water partition coefficient (Wildman–Crippen LogP) is 4.64. The van der Waals surface area contributed by atoms with Crippen LogP contribution in [-0.2, 0) is 11.2 Å². The number of H-pyrrole nitrogens is 1. The number of ketones is 1. The molecule has 0 fully saturated rings. The fraction of sp³-hybridized carbons (Fsp3) is 0.474. The van der Waals surface area contributed by atoms with Crippen molar-refractivity contribution < 1.29 is 14.3 Å². The molecule has 2 aromatic heterocycles. The van der Waals surface area contributed by atoms with Crippen molar-refractivity contribution in [1.82, 2.24) is 4.98 Å². The Morgan fingerprint density at radius 1 is 1.38 bits per heavy atom. The second-order valence-electron chi connectivity index (χ2n) is 6.37. The number of hydrogen-bond donors (Lipinski definition) is 1. The van der Waals surface area contributed by atoms with Crippen LogP contribution in [0, 0.1) is 6.92 Å². The minimum Gasteiger partial charge on any atom is -0.461 e. The molecule has 2 aromatic rings. The van der Waals surface area contributed by atoms with Crippen LogP contribution < -0.4 is 0 Å². The molecule has 1 aliphatic carbocycles. The third-order valence-corrected chi connectivity index (χ3v) is 5.65. The highest BCUT2D eigenvalue weighted by molar-refractivity contribution is 7.10. The minimum absolute atomic E-state index is 0.119. The monoisotopic (exact) mass is 345 g/mol. The van der Waals surface area contributed by atoms with E-state index in [9.17, 15) is 9.59 Å². The molecule has 0 amide bonds. The van der Waals surface area contributed by atoms with Crippen LogP contribution in [0.5, 0.6) is 0 Å². The van der Waals surface area contributed by atoms with E-state index >= 15 is 0 Å². The summed E-state index contributed by atoms with van der Waals surface area (Å²) in [6.45, 7) is 4.38. The molecule has 0 radical (unpaired) electrons. The quantitative estimate of drug-likeness (QED) is 0.612. The Morgan fingerprint density at radius 2 is 2.21 bits per heavy atom. The summed E-state index contributed by atoms with van der Waals surface area (Å²) in [6.07, 6.45) is 4.30. The van der Waals surface area contributed by atoms with Crippen LogP contribution in [0.2, 0.25) is 0 Å². The van der Waals surface area contributed by atoms with E-state index < -0.39 is 0 Å². The maximum atomic E-state index is 12.6. The van der Waals surface area contributed by atoms with Gasteiger partial charge in [-0.15, -0.1) is 11.3 Å². The van der Waals surface area contributed by atoms with E-state index in [1.54, 1.807) is 11.3 Å². The first kappa shape index (κ1) is 17.0. The Balaban J connectivity index is 1.77. The molecule has 1 aliphatic rings. The van der Waals surface area contributed by atoms with E-state index in [2.05, 4.69) is 18.0 Å². The second kappa shape index (κ2) is 7.34. The lowest BCUT2D eigenvalue weighted by atomic mass is 9.84. The first-order valence-corrected chi connectivity index (χ1v) is 9.45. The normalized spacial score (nSPS) is 16.9. The van der Waals surface area contributed by atoms with Crippen LogP contribution in [0.4, 0.5) is 0 Å². The van der Waals surface area contributed by atoms with Crippen molar-refractivity contribution in [3.63, 3.8) is 0 Å². The lowest BCUT2D eigenvalue weighted by Crippen LogP contribution is -2.17. The first-order valence-electron chi connectivity index (χ1n) is 8.57. The van der Waals surface area contributed by atoms with Gasteiger partial charge in [0.25, 0.3) is 0 Å². The number of carbonyl (C=O) groups is 2. The molecule has 0 aromatic carbocycles. The fourth-order valence-corrected chi connectivity index (χ4v) is 4.18. The van der Waals surface area contributed by atoms with Crippen LogP contribution in [0.25, 0.3) is 0 Å². The molecule has 128 valence electrons. The summed E-state index contributed by atoms with van der Waals surface area (Å²) in [6, 6.07) is 4.09. The molecule has 1 N–H and O–H groups in total. The number of aromatic nitrogens is 1. The third-order valence-electron chi connectivity index (χ3n) is 4.62. The second-order valence-corrected chi connectivity index (χ2v) is 7.34. The molecule has 3 rings (SSSR count). The first-order chi connectivity index (χ1) is 11.6. The number of fused-ring (bicyclic) bond motifs is 1. The molecular weight excluding hydrogens is 322 g/mol. The number of unbranched alkanes of at least 4 members (excludes halogenated alkanes) is 2. The summed E-state index contributed by atoms with van der Waals surface area (Å²) in [7, 11) is 0. The van der Waals surface area contributed by atoms with Crippen molar-refractivity contribution in [2.75, 3.05) is 6.61 Å². The number of carbonyl (C=O) groups excluding carboxylic acids is 2. The Hall–Kier alpha value is -1.88. The van der Waals surface area contributed by atoms with Crippen molar-refractivity contribution in [3.8, 4) is 0 Å². The summed E-state index contributed by atoms with van der Waals surface area (Å²) < 4.78 is 5.34. The van der Waals surface area contributed by atoms with E-state index in [1.165, 1.54) is 4.88 Å². The van der Waals surface area contributed by atoms with Crippen LogP contribution in [0.1, 0.15) is 75.5 Å². The summed E-state index contributed by atoms with van der Waals surface area (Å²) >= 11 is 1.68. The van der Waals surface area contributed by atoms with Crippen molar-refractivity contribution in [3.05, 3.63) is 44.9 Å². The van der Waals surface area contributed by atoms with E-state index in [-0.39, 0.29) is 17.7 Å². The van der Waals surface area contributed by atoms with Gasteiger partial charge in [0, 0.05) is 28.5 Å². The standard InChI is InChI=1S/C19H23NO3S/c1-3-4-5-8-23-19(22)18-12(2)17-14(20-18)10-13(11-15(17)21)16-7-6-9-24-16/h6-7,9,13,20H,3-5,8,10-11H2,1-2H3. The lowest BCUT2D eigenvalue weighted by molar-refractivity contribution is 0.0491. The van der Waals surface area contributed by atoms with Gasteiger partial charge in [-0.05, 0) is 36.8 Å². The number of Topliss-reactive ketones (excluding diaryl/α,β-unsaturated/α-hetero) is 1. The van der Waals surface area contributed by atoms with Crippen LogP contribution in [-0.4, -0.2) is 23.3 Å². The highest BCUT2D eigenvalue weighted by atomic mass is 32.1. The summed E-state index contributed by atoms with van der Waals surface area (Å²) in [5, 5.41) is 2.04. The van der Waals surface area contributed by atoms with Crippen molar-refractivity contribution in [1.29, 1.82) is 0 Å². The van der Waals surface area contributed by atoms with Gasteiger partial charge in [0.05, 0.1) is 6.61 Å². The van der Waals surface area contributed by atoms with Gasteiger partial charge >= 0.3 is 5.97 Å². The van der Waals surface area contributed by atoms with Gasteiger partial charge in [-0.2, -0.15) is 0 Å². The van der Waals surface area contributed by atoms with Gasteiger partial charge in [0.1, 0.15) is 5.69 Å². The number of esters is 1. The maximum Gasteiger partial charge on any atom is 0.355 e. The highest BCUT2D eigenvalue weighted by Crippen LogP contribution is 2.36. The van der Waals surface area contributed by atoms with Crippen LogP contribution >= 0.6 is 11.3 Å². The molecule has 1 atom stereocenters. The molecule has 0 saturated carbocycles. The van der Waals surface area contributed by atoms with E-state index in [0.717, 1.165) is 36.9 Å². The Bertz CT molecular complexity index is 730. The number of nitrogens with one attached hydrogen (secondary N) is 1. The fourth-order valence-electron chi connectivity index (χ4n) is 3.35. The van der Waals surface area contributed by atoms with Crippen molar-refractivity contribution in [2.45, 2.75) is 51.9 Å². The molecule has 0 spiro atoms. The van der Waals surface area contributed by atoms with Crippen LogP contribution in [0.15, 0.2) is 17.5 Å². The highest BCUT2D eigenvalue weighted by Gasteiger charge is 2.32. The molecule has 2 heterocycles. The minimum atomic E-state index is -0.349. The molecule has 0 aliphatic heterocycles. The maximum absolute atomic E-state index is 12.6. The average Bonchev–Trinajstić information content (AvgIpc) is 3.20. The molecule has 0 bridgehead atoms. The smallest absolute Gasteiger partial charge is 0.355 e. The predicted molar refractivity (Wildman–Crippen MR) is 95.0 cm³/mol. The summed E-state index contributed by atoms with van der Waals surface area (Å²) in [5.41, 5.74) is 2.75. The summed E-state index contributed by atoms with van der Waals surface area (Å²) in [4.78, 5) is 29.3. The molecule has 5 heteroatoms. The van der Waals surface area contributed by atoms with E-state index in [4.69, 9.17) is 4.74 Å². The largest absolute Gasteiger partial charge is 0.461 e. The van der Waals surface area contributed by atoms with E-state index in [1.807, 2.05) is 18.4 Å². The molecular formula is C19H23NO3S. The Labute approximate surface area is 146 Å². The van der Waals surface area contributed by atoms with Gasteiger partial charge in [-0.1, -0.05) is 25.8 Å². The summed E-state index contributed by atoms with van der Waals surface area (Å²) in [5.74, 6) is -0.0246. The lowest BCUT2D eigenvalue weighted by Gasteiger charge is -2.20. The number of rotatable bonds is 6. The van der Waals surface area contributed by atoms with Gasteiger partial charge in [0.2, 0.25) is 0 Å². The number of ether oxygens (including phenoxy) is 1. The molecule has 1 unspecified atom stereocenters. The van der Waals surface area contributed by atoms with Gasteiger partial charge < -0.3 is 9.72 Å².